The fourth-order valence-electron chi connectivity index (χ4n) is 3.28. The summed E-state index contributed by atoms with van der Waals surface area (Å²) in [5.74, 6) is -1.19. The molecule has 0 aliphatic heterocycles. The van der Waals surface area contributed by atoms with Crippen LogP contribution in [0.5, 0.6) is 0 Å². The van der Waals surface area contributed by atoms with Gasteiger partial charge in [-0.3, -0.25) is 0 Å². The molecule has 0 saturated carbocycles. The van der Waals surface area contributed by atoms with Crippen LogP contribution in [-0.4, -0.2) is 25.7 Å². The van der Waals surface area contributed by atoms with Gasteiger partial charge in [-0.15, -0.1) is 0 Å². The first-order chi connectivity index (χ1) is 14.2. The molecule has 30 heavy (non-hydrogen) atoms. The molecule has 0 unspecified atom stereocenters. The number of carboxylic acids is 1. The monoisotopic (exact) mass is 431 g/mol. The number of fused-ring (bicyclic) bond motifs is 1. The summed E-state index contributed by atoms with van der Waals surface area (Å²) in [6.45, 7) is 0. The molecule has 0 fully saturated rings. The molecule has 152 valence electrons. The van der Waals surface area contributed by atoms with Crippen molar-refractivity contribution in [3.05, 3.63) is 88.3 Å². The first kappa shape index (κ1) is 19.9. The largest absolute Gasteiger partial charge is 0.477 e. The lowest BCUT2D eigenvalue weighted by Crippen LogP contribution is -2.08. The van der Waals surface area contributed by atoms with Gasteiger partial charge in [0.05, 0.1) is 21.8 Å². The highest BCUT2D eigenvalue weighted by molar-refractivity contribution is 6.30. The lowest BCUT2D eigenvalue weighted by molar-refractivity contribution is -0.137. The Kier molecular flexibility index (Phi) is 4.95. The number of carboxylic acid groups (broad SMARTS) is 1. The minimum atomic E-state index is -4.57. The van der Waals surface area contributed by atoms with E-state index in [2.05, 4.69) is 10.1 Å². The van der Waals surface area contributed by atoms with Gasteiger partial charge in [-0.05, 0) is 30.3 Å². The zero-order valence-corrected chi connectivity index (χ0v) is 15.9. The number of hydrogen-bond acceptors (Lipinski definition) is 3. The number of alkyl halides is 3. The second kappa shape index (κ2) is 7.46. The maximum atomic E-state index is 13.6. The number of hydrogen-bond donors (Lipinski definition) is 1. The molecule has 5 nitrogen and oxygen atoms in total. The summed E-state index contributed by atoms with van der Waals surface area (Å²) in [5, 5.41) is 13.9. The van der Waals surface area contributed by atoms with Crippen LogP contribution in [0.4, 0.5) is 13.2 Å². The van der Waals surface area contributed by atoms with E-state index in [1.54, 1.807) is 18.2 Å². The van der Waals surface area contributed by atoms with Crippen molar-refractivity contribution in [3.63, 3.8) is 0 Å². The number of carbonyl (C=O) groups is 1. The van der Waals surface area contributed by atoms with Gasteiger partial charge < -0.3 is 5.11 Å². The average molecular weight is 432 g/mol. The zero-order chi connectivity index (χ0) is 21.5. The first-order valence-electron chi connectivity index (χ1n) is 8.76. The van der Waals surface area contributed by atoms with Gasteiger partial charge in [-0.25, -0.2) is 14.3 Å². The molecule has 0 amide bonds. The highest BCUT2D eigenvalue weighted by atomic mass is 35.5. The third-order valence-electron chi connectivity index (χ3n) is 4.57. The number of pyridine rings is 2. The highest BCUT2D eigenvalue weighted by Crippen LogP contribution is 2.39. The second-order valence-electron chi connectivity index (χ2n) is 6.54. The van der Waals surface area contributed by atoms with Crippen molar-refractivity contribution in [2.75, 3.05) is 0 Å². The summed E-state index contributed by atoms with van der Waals surface area (Å²) in [6, 6.07) is 13.0. The SMILES string of the molecule is O=C(O)c1cccc(Cc2c(-c3ccccc3C(F)(F)F)nn3cc(Cl)ccc23)n1. The van der Waals surface area contributed by atoms with E-state index in [1.807, 2.05) is 0 Å². The summed E-state index contributed by atoms with van der Waals surface area (Å²) in [4.78, 5) is 15.3. The van der Waals surface area contributed by atoms with Crippen LogP contribution < -0.4 is 0 Å². The normalized spacial score (nSPS) is 11.7. The smallest absolute Gasteiger partial charge is 0.417 e. The topological polar surface area (TPSA) is 67.5 Å². The quantitative estimate of drug-likeness (QED) is 0.472. The van der Waals surface area contributed by atoms with Crippen molar-refractivity contribution in [1.82, 2.24) is 14.6 Å². The van der Waals surface area contributed by atoms with Crippen LogP contribution in [0.2, 0.25) is 5.02 Å². The molecule has 1 N–H and O–H groups in total. The molecule has 0 atom stereocenters. The molecular weight excluding hydrogens is 419 g/mol. The van der Waals surface area contributed by atoms with Gasteiger partial charge in [-0.2, -0.15) is 18.3 Å². The van der Waals surface area contributed by atoms with Crippen LogP contribution >= 0.6 is 11.6 Å². The molecule has 0 saturated heterocycles. The number of nitrogens with zero attached hydrogens (tertiary/aromatic N) is 3. The van der Waals surface area contributed by atoms with Crippen molar-refractivity contribution < 1.29 is 23.1 Å². The molecule has 0 bridgehead atoms. The van der Waals surface area contributed by atoms with Crippen molar-refractivity contribution in [1.29, 1.82) is 0 Å². The standard InChI is InChI=1S/C21H13ClF3N3O2/c22-12-8-9-18-15(10-13-4-3-7-17(26-13)20(29)30)19(27-28(18)11-12)14-5-1-2-6-16(14)21(23,24)25/h1-9,11H,10H2,(H,29,30). The predicted molar refractivity (Wildman–Crippen MR) is 105 cm³/mol. The summed E-state index contributed by atoms with van der Waals surface area (Å²) in [7, 11) is 0. The van der Waals surface area contributed by atoms with E-state index in [-0.39, 0.29) is 23.4 Å². The van der Waals surface area contributed by atoms with Crippen LogP contribution in [-0.2, 0) is 12.6 Å². The van der Waals surface area contributed by atoms with Crippen LogP contribution in [0.15, 0.2) is 60.8 Å². The minimum Gasteiger partial charge on any atom is -0.477 e. The van der Waals surface area contributed by atoms with Crippen molar-refractivity contribution in [3.8, 4) is 11.3 Å². The highest BCUT2D eigenvalue weighted by Gasteiger charge is 2.34. The molecule has 0 aliphatic rings. The Balaban J connectivity index is 1.94. The Morgan fingerprint density at radius 1 is 1.07 bits per heavy atom. The van der Waals surface area contributed by atoms with Gasteiger partial charge in [-0.1, -0.05) is 35.9 Å². The molecule has 0 aliphatic carbocycles. The van der Waals surface area contributed by atoms with E-state index >= 15 is 0 Å². The second-order valence-corrected chi connectivity index (χ2v) is 6.98. The number of aromatic nitrogens is 3. The third kappa shape index (κ3) is 3.73. The van der Waals surface area contributed by atoms with Gasteiger partial charge in [0.15, 0.2) is 0 Å². The van der Waals surface area contributed by atoms with Gasteiger partial charge in [0.2, 0.25) is 0 Å². The molecule has 0 spiro atoms. The fraction of sp³-hybridized carbons (Fsp3) is 0.0952. The van der Waals surface area contributed by atoms with Gasteiger partial charge in [0.25, 0.3) is 0 Å². The van der Waals surface area contributed by atoms with Crippen LogP contribution in [0, 0.1) is 0 Å². The van der Waals surface area contributed by atoms with Gasteiger partial charge in [0, 0.05) is 29.4 Å². The van der Waals surface area contributed by atoms with Crippen molar-refractivity contribution >= 4 is 23.1 Å². The van der Waals surface area contributed by atoms with E-state index in [9.17, 15) is 23.1 Å². The summed E-state index contributed by atoms with van der Waals surface area (Å²) in [5.41, 5.74) is 0.525. The fourth-order valence-corrected chi connectivity index (χ4v) is 3.44. The molecular formula is C21H13ClF3N3O2. The zero-order valence-electron chi connectivity index (χ0n) is 15.2. The molecule has 0 radical (unpaired) electrons. The van der Waals surface area contributed by atoms with Gasteiger partial charge in [0.1, 0.15) is 5.69 Å². The maximum absolute atomic E-state index is 13.6. The van der Waals surface area contributed by atoms with Crippen LogP contribution in [0.1, 0.15) is 27.3 Å². The average Bonchev–Trinajstić information content (AvgIpc) is 3.04. The first-order valence-corrected chi connectivity index (χ1v) is 9.14. The predicted octanol–water partition coefficient (Wildman–Crippen LogP) is 5.36. The minimum absolute atomic E-state index is 0.0748. The third-order valence-corrected chi connectivity index (χ3v) is 4.79. The lowest BCUT2D eigenvalue weighted by atomic mass is 9.98. The molecule has 3 heterocycles. The van der Waals surface area contributed by atoms with E-state index in [1.165, 1.54) is 41.0 Å². The molecule has 1 aromatic carbocycles. The van der Waals surface area contributed by atoms with Crippen LogP contribution in [0.3, 0.4) is 0 Å². The molecule has 4 aromatic rings. The van der Waals surface area contributed by atoms with Crippen molar-refractivity contribution in [2.45, 2.75) is 12.6 Å². The number of halogens is 4. The lowest BCUT2D eigenvalue weighted by Gasteiger charge is -2.12. The van der Waals surface area contributed by atoms with Crippen molar-refractivity contribution in [2.24, 2.45) is 0 Å². The summed E-state index contributed by atoms with van der Waals surface area (Å²) < 4.78 is 42.3. The van der Waals surface area contributed by atoms with Crippen LogP contribution in [0.25, 0.3) is 16.8 Å². The Morgan fingerprint density at radius 2 is 1.83 bits per heavy atom. The molecule has 3 aromatic heterocycles. The Hall–Kier alpha value is -3.39. The summed E-state index contributed by atoms with van der Waals surface area (Å²) in [6.07, 6.45) is -2.97. The Morgan fingerprint density at radius 3 is 2.57 bits per heavy atom. The number of aromatic carboxylic acids is 1. The van der Waals surface area contributed by atoms with Gasteiger partial charge >= 0.3 is 12.1 Å². The number of rotatable bonds is 4. The molecule has 9 heteroatoms. The Bertz CT molecular complexity index is 1270. The van der Waals surface area contributed by atoms with E-state index in [0.29, 0.717) is 21.8 Å². The molecule has 4 rings (SSSR count). The summed E-state index contributed by atoms with van der Waals surface area (Å²) >= 11 is 6.03. The van der Waals surface area contributed by atoms with E-state index in [4.69, 9.17) is 11.6 Å². The Labute approximate surface area is 173 Å². The number of benzene rings is 1. The maximum Gasteiger partial charge on any atom is 0.417 e. The van der Waals surface area contributed by atoms with E-state index in [0.717, 1.165) is 6.07 Å². The van der Waals surface area contributed by atoms with E-state index < -0.39 is 17.7 Å².